The van der Waals surface area contributed by atoms with Crippen molar-refractivity contribution in [1.29, 1.82) is 0 Å². The van der Waals surface area contributed by atoms with Crippen LogP contribution in [0.1, 0.15) is 48.8 Å². The SMILES string of the molecule is COc1ccc2c(C)c(CCC(=O)N[C@H](c3nc4ccccc4[nH]3)C(C)C)c(=O)oc2c1C. The standard InChI is InChI=1S/C26H29N3O4/c1-14(2)23(25-27-19-8-6-7-9-20(19)28-25)29-22(30)13-11-18-15(3)17-10-12-21(32-5)16(4)24(17)33-26(18)31/h6-10,12,14,23H,11,13H2,1-5H3,(H,27,28)(H,29,30)/t23-/m0/s1. The van der Waals surface area contributed by atoms with Gasteiger partial charge in [0.1, 0.15) is 17.2 Å². The van der Waals surface area contributed by atoms with E-state index in [1.807, 2.05) is 64.1 Å². The van der Waals surface area contributed by atoms with E-state index in [-0.39, 0.29) is 24.3 Å². The second-order valence-electron chi connectivity index (χ2n) is 8.69. The quantitative estimate of drug-likeness (QED) is 0.399. The number of imidazole rings is 1. The summed E-state index contributed by atoms with van der Waals surface area (Å²) in [5.41, 5.74) is 4.04. The first kappa shape index (κ1) is 22.6. The van der Waals surface area contributed by atoms with Crippen molar-refractivity contribution in [1.82, 2.24) is 15.3 Å². The molecule has 33 heavy (non-hydrogen) atoms. The molecule has 0 unspecified atom stereocenters. The third-order valence-electron chi connectivity index (χ3n) is 6.16. The van der Waals surface area contributed by atoms with Crippen LogP contribution in [0.15, 0.2) is 45.6 Å². The smallest absolute Gasteiger partial charge is 0.339 e. The molecule has 0 saturated heterocycles. The molecule has 0 aliphatic heterocycles. The van der Waals surface area contributed by atoms with Crippen LogP contribution in [0.2, 0.25) is 0 Å². The van der Waals surface area contributed by atoms with Crippen LogP contribution in [0.5, 0.6) is 5.75 Å². The zero-order valence-corrected chi connectivity index (χ0v) is 19.6. The number of aryl methyl sites for hydroxylation is 2. The van der Waals surface area contributed by atoms with E-state index in [0.717, 1.165) is 33.4 Å². The number of carbonyl (C=O) groups is 1. The van der Waals surface area contributed by atoms with Gasteiger partial charge < -0.3 is 19.5 Å². The number of aromatic nitrogens is 2. The van der Waals surface area contributed by atoms with Gasteiger partial charge in [0, 0.05) is 22.9 Å². The number of hydrogen-bond acceptors (Lipinski definition) is 5. The Kier molecular flexibility index (Phi) is 6.22. The Morgan fingerprint density at radius 1 is 1.15 bits per heavy atom. The summed E-state index contributed by atoms with van der Waals surface area (Å²) in [6, 6.07) is 11.3. The number of H-pyrrole nitrogens is 1. The molecule has 7 heteroatoms. The van der Waals surface area contributed by atoms with Crippen molar-refractivity contribution in [3.8, 4) is 5.75 Å². The molecule has 0 spiro atoms. The molecule has 0 fully saturated rings. The lowest BCUT2D eigenvalue weighted by Crippen LogP contribution is -2.33. The number of aromatic amines is 1. The Balaban J connectivity index is 1.53. The largest absolute Gasteiger partial charge is 0.496 e. The zero-order valence-electron chi connectivity index (χ0n) is 19.6. The van der Waals surface area contributed by atoms with Gasteiger partial charge in [-0.3, -0.25) is 4.79 Å². The summed E-state index contributed by atoms with van der Waals surface area (Å²) in [4.78, 5) is 33.5. The molecule has 7 nitrogen and oxygen atoms in total. The average Bonchev–Trinajstić information content (AvgIpc) is 3.21. The highest BCUT2D eigenvalue weighted by molar-refractivity contribution is 5.86. The lowest BCUT2D eigenvalue weighted by molar-refractivity contribution is -0.122. The molecule has 4 rings (SSSR count). The summed E-state index contributed by atoms with van der Waals surface area (Å²) in [6.07, 6.45) is 0.474. The minimum absolute atomic E-state index is 0.139. The number of fused-ring (bicyclic) bond motifs is 2. The number of amides is 1. The Labute approximate surface area is 192 Å². The van der Waals surface area contributed by atoms with Crippen molar-refractivity contribution in [2.75, 3.05) is 7.11 Å². The first-order valence-corrected chi connectivity index (χ1v) is 11.1. The van der Waals surface area contributed by atoms with Gasteiger partial charge in [0.2, 0.25) is 5.91 Å². The number of para-hydroxylation sites is 2. The predicted molar refractivity (Wildman–Crippen MR) is 129 cm³/mol. The van der Waals surface area contributed by atoms with Crippen molar-refractivity contribution >= 4 is 27.9 Å². The summed E-state index contributed by atoms with van der Waals surface area (Å²) in [5.74, 6) is 1.40. The van der Waals surface area contributed by atoms with Crippen LogP contribution in [-0.4, -0.2) is 23.0 Å². The van der Waals surface area contributed by atoms with Gasteiger partial charge in [-0.1, -0.05) is 26.0 Å². The summed E-state index contributed by atoms with van der Waals surface area (Å²) in [5, 5.41) is 3.93. The van der Waals surface area contributed by atoms with E-state index in [2.05, 4.69) is 15.3 Å². The van der Waals surface area contributed by atoms with Gasteiger partial charge in [-0.05, 0) is 56.0 Å². The number of carbonyl (C=O) groups excluding carboxylic acids is 1. The highest BCUT2D eigenvalue weighted by Crippen LogP contribution is 2.29. The minimum Gasteiger partial charge on any atom is -0.496 e. The van der Waals surface area contributed by atoms with Crippen molar-refractivity contribution in [2.45, 2.75) is 46.6 Å². The van der Waals surface area contributed by atoms with Gasteiger partial charge in [0.05, 0.1) is 24.2 Å². The summed E-state index contributed by atoms with van der Waals surface area (Å²) in [6.45, 7) is 7.83. The average molecular weight is 448 g/mol. The minimum atomic E-state index is -0.415. The Morgan fingerprint density at radius 2 is 1.91 bits per heavy atom. The van der Waals surface area contributed by atoms with Crippen molar-refractivity contribution in [3.05, 3.63) is 69.3 Å². The molecule has 4 aromatic rings. The molecule has 1 amide bonds. The van der Waals surface area contributed by atoms with Gasteiger partial charge >= 0.3 is 5.63 Å². The van der Waals surface area contributed by atoms with Crippen LogP contribution in [0, 0.1) is 19.8 Å². The fourth-order valence-electron chi connectivity index (χ4n) is 4.24. The van der Waals surface area contributed by atoms with Crippen LogP contribution in [0.4, 0.5) is 0 Å². The second kappa shape index (κ2) is 9.10. The van der Waals surface area contributed by atoms with E-state index in [4.69, 9.17) is 9.15 Å². The zero-order chi connectivity index (χ0) is 23.7. The van der Waals surface area contributed by atoms with Crippen molar-refractivity contribution in [2.24, 2.45) is 5.92 Å². The summed E-state index contributed by atoms with van der Waals surface area (Å²) in [7, 11) is 1.59. The van der Waals surface area contributed by atoms with Crippen LogP contribution >= 0.6 is 0 Å². The maximum atomic E-state index is 12.8. The first-order valence-electron chi connectivity index (χ1n) is 11.1. The molecule has 2 aromatic carbocycles. The number of nitrogens with zero attached hydrogens (tertiary/aromatic N) is 1. The van der Waals surface area contributed by atoms with E-state index in [1.54, 1.807) is 7.11 Å². The van der Waals surface area contributed by atoms with Crippen LogP contribution in [0.3, 0.4) is 0 Å². The van der Waals surface area contributed by atoms with Crippen molar-refractivity contribution < 1.29 is 13.9 Å². The molecule has 2 heterocycles. The molecular weight excluding hydrogens is 418 g/mol. The lowest BCUT2D eigenvalue weighted by atomic mass is 9.99. The molecule has 0 aliphatic carbocycles. The summed E-state index contributed by atoms with van der Waals surface area (Å²) < 4.78 is 11.0. The molecule has 0 saturated carbocycles. The van der Waals surface area contributed by atoms with Gasteiger partial charge in [-0.25, -0.2) is 9.78 Å². The normalized spacial score (nSPS) is 12.4. The van der Waals surface area contributed by atoms with E-state index < -0.39 is 5.63 Å². The van der Waals surface area contributed by atoms with Gasteiger partial charge in [-0.15, -0.1) is 0 Å². The van der Waals surface area contributed by atoms with E-state index >= 15 is 0 Å². The third kappa shape index (κ3) is 4.35. The molecule has 0 bridgehead atoms. The van der Waals surface area contributed by atoms with Crippen molar-refractivity contribution in [3.63, 3.8) is 0 Å². The molecular formula is C26H29N3O4. The highest BCUT2D eigenvalue weighted by Gasteiger charge is 2.22. The number of benzene rings is 2. The van der Waals surface area contributed by atoms with Crippen LogP contribution in [-0.2, 0) is 11.2 Å². The van der Waals surface area contributed by atoms with Gasteiger partial charge in [0.15, 0.2) is 0 Å². The highest BCUT2D eigenvalue weighted by atomic mass is 16.5. The first-order chi connectivity index (χ1) is 15.8. The predicted octanol–water partition coefficient (Wildman–Crippen LogP) is 4.74. The van der Waals surface area contributed by atoms with E-state index in [9.17, 15) is 9.59 Å². The number of rotatable bonds is 7. The molecule has 2 N–H and O–H groups in total. The van der Waals surface area contributed by atoms with E-state index in [1.165, 1.54) is 0 Å². The topological polar surface area (TPSA) is 97.2 Å². The molecule has 0 radical (unpaired) electrons. The molecule has 1 atom stereocenters. The number of methoxy groups -OCH3 is 1. The maximum absolute atomic E-state index is 12.8. The summed E-state index contributed by atoms with van der Waals surface area (Å²) >= 11 is 0. The fourth-order valence-corrected chi connectivity index (χ4v) is 4.24. The monoisotopic (exact) mass is 447 g/mol. The molecule has 0 aliphatic rings. The molecule has 172 valence electrons. The Bertz CT molecular complexity index is 1350. The number of nitrogens with one attached hydrogen (secondary N) is 2. The maximum Gasteiger partial charge on any atom is 0.339 e. The Morgan fingerprint density at radius 3 is 2.61 bits per heavy atom. The number of hydrogen-bond donors (Lipinski definition) is 2. The van der Waals surface area contributed by atoms with Crippen LogP contribution < -0.4 is 15.7 Å². The third-order valence-corrected chi connectivity index (χ3v) is 6.16. The van der Waals surface area contributed by atoms with E-state index in [0.29, 0.717) is 23.3 Å². The van der Waals surface area contributed by atoms with Gasteiger partial charge in [-0.2, -0.15) is 0 Å². The Hall–Kier alpha value is -3.61. The molecule has 2 aromatic heterocycles. The number of ether oxygens (including phenoxy) is 1. The van der Waals surface area contributed by atoms with Crippen LogP contribution in [0.25, 0.3) is 22.0 Å². The lowest BCUT2D eigenvalue weighted by Gasteiger charge is -2.20. The second-order valence-corrected chi connectivity index (χ2v) is 8.69. The fraction of sp³-hybridized carbons (Fsp3) is 0.346. The van der Waals surface area contributed by atoms with Gasteiger partial charge in [0.25, 0.3) is 0 Å².